The molecule has 0 saturated carbocycles. The highest BCUT2D eigenvalue weighted by Gasteiger charge is 2.21. The Labute approximate surface area is 169 Å². The number of halogens is 2. The highest BCUT2D eigenvalue weighted by Crippen LogP contribution is 2.26. The lowest BCUT2D eigenvalue weighted by atomic mass is 10.1. The van der Waals surface area contributed by atoms with Crippen molar-refractivity contribution in [3.05, 3.63) is 32.2 Å². The average molecular weight is 490 g/mol. The van der Waals surface area contributed by atoms with Crippen molar-refractivity contribution in [3.8, 4) is 0 Å². The van der Waals surface area contributed by atoms with Crippen molar-refractivity contribution < 1.29 is 19.1 Å². The van der Waals surface area contributed by atoms with Crippen LogP contribution in [-0.2, 0) is 9.47 Å². The fourth-order valence-electron chi connectivity index (χ4n) is 3.11. The summed E-state index contributed by atoms with van der Waals surface area (Å²) in [7, 11) is 0. The van der Waals surface area contributed by atoms with Gasteiger partial charge in [0.2, 0.25) is 0 Å². The summed E-state index contributed by atoms with van der Waals surface area (Å²) < 4.78 is 12.2. The average Bonchev–Trinajstić information content (AvgIpc) is 3.32. The molecule has 2 aliphatic rings. The maximum Gasteiger partial charge on any atom is 0.252 e. The van der Waals surface area contributed by atoms with Gasteiger partial charge < -0.3 is 20.1 Å². The molecule has 2 atom stereocenters. The van der Waals surface area contributed by atoms with Gasteiger partial charge in [0.05, 0.1) is 23.3 Å². The summed E-state index contributed by atoms with van der Waals surface area (Å²) in [5.41, 5.74) is 0.955. The molecule has 2 saturated heterocycles. The van der Waals surface area contributed by atoms with Crippen molar-refractivity contribution in [1.82, 2.24) is 10.6 Å². The van der Waals surface area contributed by atoms with Crippen LogP contribution in [0.3, 0.4) is 0 Å². The van der Waals surface area contributed by atoms with Crippen LogP contribution < -0.4 is 10.6 Å². The Morgan fingerprint density at radius 1 is 0.885 bits per heavy atom. The van der Waals surface area contributed by atoms with Gasteiger partial charge in [0, 0.05) is 35.2 Å². The normalized spacial score (nSPS) is 22.4. The monoisotopic (exact) mass is 488 g/mol. The van der Waals surface area contributed by atoms with Crippen LogP contribution in [0.25, 0.3) is 0 Å². The van der Waals surface area contributed by atoms with E-state index in [0.29, 0.717) is 33.2 Å². The van der Waals surface area contributed by atoms with E-state index in [1.807, 2.05) is 0 Å². The van der Waals surface area contributed by atoms with Gasteiger partial charge in [-0.15, -0.1) is 0 Å². The molecule has 2 heterocycles. The molecular weight excluding hydrogens is 468 g/mol. The van der Waals surface area contributed by atoms with Crippen molar-refractivity contribution in [3.63, 3.8) is 0 Å². The quantitative estimate of drug-likeness (QED) is 0.643. The number of benzene rings is 1. The van der Waals surface area contributed by atoms with E-state index >= 15 is 0 Å². The largest absolute Gasteiger partial charge is 0.376 e. The lowest BCUT2D eigenvalue weighted by Gasteiger charge is -2.14. The first kappa shape index (κ1) is 19.8. The van der Waals surface area contributed by atoms with Crippen LogP contribution in [-0.4, -0.2) is 50.3 Å². The third-order valence-corrected chi connectivity index (χ3v) is 5.89. The number of hydrogen-bond acceptors (Lipinski definition) is 4. The first-order chi connectivity index (χ1) is 12.5. The second kappa shape index (κ2) is 9.30. The van der Waals surface area contributed by atoms with Gasteiger partial charge in [0.15, 0.2) is 0 Å². The molecule has 2 aliphatic heterocycles. The van der Waals surface area contributed by atoms with Gasteiger partial charge in [-0.2, -0.15) is 0 Å². The van der Waals surface area contributed by atoms with Crippen LogP contribution in [0.5, 0.6) is 0 Å². The molecule has 1 aromatic carbocycles. The zero-order valence-corrected chi connectivity index (χ0v) is 17.5. The minimum absolute atomic E-state index is 0.0871. The molecule has 0 aliphatic carbocycles. The summed E-state index contributed by atoms with van der Waals surface area (Å²) in [6, 6.07) is 3.33. The van der Waals surface area contributed by atoms with E-state index in [-0.39, 0.29) is 24.0 Å². The first-order valence-electron chi connectivity index (χ1n) is 8.83. The van der Waals surface area contributed by atoms with Crippen LogP contribution in [0, 0.1) is 0 Å². The summed E-state index contributed by atoms with van der Waals surface area (Å²) in [5.74, 6) is -0.390. The summed E-state index contributed by atoms with van der Waals surface area (Å²) in [6.45, 7) is 2.50. The highest BCUT2D eigenvalue weighted by molar-refractivity contribution is 9.11. The Kier molecular flexibility index (Phi) is 7.08. The lowest BCUT2D eigenvalue weighted by Crippen LogP contribution is -2.33. The molecule has 0 unspecified atom stereocenters. The molecule has 2 amide bonds. The molecule has 3 rings (SSSR count). The van der Waals surface area contributed by atoms with E-state index in [2.05, 4.69) is 42.5 Å². The zero-order valence-electron chi connectivity index (χ0n) is 14.4. The Morgan fingerprint density at radius 2 is 1.31 bits per heavy atom. The fraction of sp³-hybridized carbons (Fsp3) is 0.556. The number of carbonyl (C=O) groups is 2. The Hall–Kier alpha value is -0.960. The van der Waals surface area contributed by atoms with Crippen LogP contribution in [0.2, 0.25) is 0 Å². The Morgan fingerprint density at radius 3 is 1.65 bits per heavy atom. The summed E-state index contributed by atoms with van der Waals surface area (Å²) in [6.07, 6.45) is 4.18. The van der Waals surface area contributed by atoms with Crippen molar-refractivity contribution in [2.24, 2.45) is 0 Å². The topological polar surface area (TPSA) is 76.7 Å². The molecule has 2 fully saturated rings. The molecule has 0 bridgehead atoms. The molecule has 8 heteroatoms. The fourth-order valence-corrected chi connectivity index (χ4v) is 4.16. The van der Waals surface area contributed by atoms with E-state index in [1.165, 1.54) is 0 Å². The Balaban J connectivity index is 1.60. The third-order valence-electron chi connectivity index (χ3n) is 4.57. The summed E-state index contributed by atoms with van der Waals surface area (Å²) in [4.78, 5) is 24.8. The number of hydrogen-bond donors (Lipinski definition) is 2. The predicted molar refractivity (Wildman–Crippen MR) is 104 cm³/mol. The number of amides is 2. The SMILES string of the molecule is O=C(NC[C@H]1CCCO1)c1cc(Br)c(C(=O)NC[C@H]2CCCO2)cc1Br. The van der Waals surface area contributed by atoms with E-state index in [0.717, 1.165) is 38.9 Å². The van der Waals surface area contributed by atoms with Crippen molar-refractivity contribution in [2.75, 3.05) is 26.3 Å². The van der Waals surface area contributed by atoms with Crippen molar-refractivity contribution >= 4 is 43.7 Å². The predicted octanol–water partition coefficient (Wildman–Crippen LogP) is 3.03. The number of carbonyl (C=O) groups excluding carboxylic acids is 2. The third kappa shape index (κ3) is 5.06. The van der Waals surface area contributed by atoms with Crippen molar-refractivity contribution in [1.29, 1.82) is 0 Å². The highest BCUT2D eigenvalue weighted by atomic mass is 79.9. The minimum Gasteiger partial charge on any atom is -0.376 e. The van der Waals surface area contributed by atoms with Crippen LogP contribution >= 0.6 is 31.9 Å². The van der Waals surface area contributed by atoms with Gasteiger partial charge in [-0.25, -0.2) is 0 Å². The summed E-state index contributed by atoms with van der Waals surface area (Å²) in [5, 5.41) is 5.78. The molecule has 6 nitrogen and oxygen atoms in total. The van der Waals surface area contributed by atoms with Gasteiger partial charge in [0.25, 0.3) is 11.8 Å². The number of rotatable bonds is 6. The number of nitrogens with one attached hydrogen (secondary N) is 2. The van der Waals surface area contributed by atoms with Gasteiger partial charge in [-0.1, -0.05) is 0 Å². The number of ether oxygens (including phenoxy) is 2. The smallest absolute Gasteiger partial charge is 0.252 e. The molecule has 0 aromatic heterocycles. The van der Waals surface area contributed by atoms with Crippen LogP contribution in [0.1, 0.15) is 46.4 Å². The van der Waals surface area contributed by atoms with E-state index in [4.69, 9.17) is 9.47 Å². The standard InChI is InChI=1S/C18H22Br2N2O4/c19-15-8-14(18(24)22-10-12-4-2-6-26-12)16(20)7-13(15)17(23)21-9-11-3-1-5-25-11/h7-8,11-12H,1-6,9-10H2,(H,21,23)(H,22,24)/t11-,12-/m1/s1. The minimum atomic E-state index is -0.195. The van der Waals surface area contributed by atoms with E-state index in [1.54, 1.807) is 12.1 Å². The van der Waals surface area contributed by atoms with Crippen molar-refractivity contribution in [2.45, 2.75) is 37.9 Å². The van der Waals surface area contributed by atoms with Crippen LogP contribution in [0.15, 0.2) is 21.1 Å². The second-order valence-corrected chi connectivity index (χ2v) is 8.21. The first-order valence-corrected chi connectivity index (χ1v) is 10.4. The molecule has 0 radical (unpaired) electrons. The molecule has 1 aromatic rings. The van der Waals surface area contributed by atoms with Gasteiger partial charge in [-0.3, -0.25) is 9.59 Å². The maximum atomic E-state index is 12.4. The zero-order chi connectivity index (χ0) is 18.5. The second-order valence-electron chi connectivity index (χ2n) is 6.50. The molecule has 2 N–H and O–H groups in total. The maximum absolute atomic E-state index is 12.4. The van der Waals surface area contributed by atoms with E-state index < -0.39 is 0 Å². The molecule has 0 spiro atoms. The molecule has 26 heavy (non-hydrogen) atoms. The van der Waals surface area contributed by atoms with Gasteiger partial charge in [-0.05, 0) is 69.7 Å². The van der Waals surface area contributed by atoms with E-state index in [9.17, 15) is 9.59 Å². The lowest BCUT2D eigenvalue weighted by molar-refractivity contribution is 0.0850. The Bertz CT molecular complexity index is 614. The van der Waals surface area contributed by atoms with Crippen LogP contribution in [0.4, 0.5) is 0 Å². The van der Waals surface area contributed by atoms with Gasteiger partial charge in [0.1, 0.15) is 0 Å². The molecule has 142 valence electrons. The van der Waals surface area contributed by atoms with Gasteiger partial charge >= 0.3 is 0 Å². The summed E-state index contributed by atoms with van der Waals surface area (Å²) >= 11 is 6.81. The molecular formula is C18H22Br2N2O4.